The first-order valence-corrected chi connectivity index (χ1v) is 10.7. The summed E-state index contributed by atoms with van der Waals surface area (Å²) in [6, 6.07) is 7.00. The lowest BCUT2D eigenvalue weighted by atomic mass is 10.0. The summed E-state index contributed by atoms with van der Waals surface area (Å²) < 4.78 is 62.9. The van der Waals surface area contributed by atoms with Gasteiger partial charge in [-0.25, -0.2) is 13.4 Å². The van der Waals surface area contributed by atoms with Crippen molar-refractivity contribution < 1.29 is 21.6 Å². The van der Waals surface area contributed by atoms with Crippen LogP contribution in [0.25, 0.3) is 11.1 Å². The molecular weight excluding hydrogens is 377 g/mol. The number of aromatic nitrogens is 1. The number of halogens is 3. The van der Waals surface area contributed by atoms with Gasteiger partial charge in [0.15, 0.2) is 9.84 Å². The van der Waals surface area contributed by atoms with Gasteiger partial charge in [0.1, 0.15) is 5.82 Å². The second-order valence-electron chi connectivity index (χ2n) is 6.79. The van der Waals surface area contributed by atoms with Gasteiger partial charge in [-0.05, 0) is 36.6 Å². The van der Waals surface area contributed by atoms with Gasteiger partial charge in [-0.3, -0.25) is 0 Å². The van der Waals surface area contributed by atoms with Crippen LogP contribution in [-0.4, -0.2) is 32.7 Å². The predicted octanol–water partition coefficient (Wildman–Crippen LogP) is 4.55. The van der Waals surface area contributed by atoms with Gasteiger partial charge in [-0.1, -0.05) is 25.0 Å². The van der Waals surface area contributed by atoms with Crippen molar-refractivity contribution in [3.63, 3.8) is 0 Å². The Morgan fingerprint density at radius 2 is 1.59 bits per heavy atom. The van der Waals surface area contributed by atoms with Crippen molar-refractivity contribution in [3.05, 3.63) is 42.1 Å². The Morgan fingerprint density at radius 1 is 1.00 bits per heavy atom. The number of pyridine rings is 1. The quantitative estimate of drug-likeness (QED) is 0.761. The summed E-state index contributed by atoms with van der Waals surface area (Å²) in [4.78, 5) is 6.29. The van der Waals surface area contributed by atoms with Crippen LogP contribution in [0.5, 0.6) is 0 Å². The highest BCUT2D eigenvalue weighted by molar-refractivity contribution is 7.90. The van der Waals surface area contributed by atoms with Gasteiger partial charge in [-0.2, -0.15) is 13.2 Å². The SMILES string of the molecule is CS(=O)(=O)c1ccc(-c2cc(C(F)(F)F)cnc2N2CCCCCC2)cc1. The van der Waals surface area contributed by atoms with Crippen molar-refractivity contribution in [2.75, 3.05) is 24.2 Å². The van der Waals surface area contributed by atoms with E-state index < -0.39 is 21.6 Å². The van der Waals surface area contributed by atoms with Gasteiger partial charge in [0, 0.05) is 31.1 Å². The van der Waals surface area contributed by atoms with E-state index in [4.69, 9.17) is 0 Å². The second-order valence-corrected chi connectivity index (χ2v) is 8.81. The first-order chi connectivity index (χ1) is 12.7. The Hall–Kier alpha value is -2.09. The average molecular weight is 398 g/mol. The van der Waals surface area contributed by atoms with Gasteiger partial charge >= 0.3 is 6.18 Å². The van der Waals surface area contributed by atoms with Crippen molar-refractivity contribution in [1.29, 1.82) is 0 Å². The molecule has 0 saturated carbocycles. The third-order valence-electron chi connectivity index (χ3n) is 4.69. The topological polar surface area (TPSA) is 50.3 Å². The molecule has 0 amide bonds. The van der Waals surface area contributed by atoms with Crippen molar-refractivity contribution in [1.82, 2.24) is 4.98 Å². The van der Waals surface area contributed by atoms with Crippen LogP contribution in [0, 0.1) is 0 Å². The molecule has 2 aromatic rings. The van der Waals surface area contributed by atoms with Crippen molar-refractivity contribution in [2.24, 2.45) is 0 Å². The van der Waals surface area contributed by atoms with E-state index in [2.05, 4.69) is 4.98 Å². The average Bonchev–Trinajstić information content (AvgIpc) is 2.89. The van der Waals surface area contributed by atoms with Crippen LogP contribution in [-0.2, 0) is 16.0 Å². The summed E-state index contributed by atoms with van der Waals surface area (Å²) in [6.07, 6.45) is 1.59. The number of hydrogen-bond donors (Lipinski definition) is 0. The van der Waals surface area contributed by atoms with E-state index >= 15 is 0 Å². The monoisotopic (exact) mass is 398 g/mol. The van der Waals surface area contributed by atoms with E-state index in [1.54, 1.807) is 0 Å². The minimum Gasteiger partial charge on any atom is -0.356 e. The lowest BCUT2D eigenvalue weighted by Gasteiger charge is -2.25. The van der Waals surface area contributed by atoms with Crippen molar-refractivity contribution in [2.45, 2.75) is 36.8 Å². The maximum absolute atomic E-state index is 13.2. The molecular formula is C19H21F3N2O2S. The molecule has 0 N–H and O–H groups in total. The molecule has 1 aliphatic heterocycles. The van der Waals surface area contributed by atoms with Gasteiger partial charge < -0.3 is 4.90 Å². The fourth-order valence-corrected chi connectivity index (χ4v) is 3.87. The van der Waals surface area contributed by atoms with Crippen LogP contribution < -0.4 is 4.90 Å². The lowest BCUT2D eigenvalue weighted by Crippen LogP contribution is -2.26. The Kier molecular flexibility index (Phi) is 5.46. The van der Waals surface area contributed by atoms with Crippen LogP contribution in [0.2, 0.25) is 0 Å². The molecule has 1 saturated heterocycles. The van der Waals surface area contributed by atoms with Gasteiger partial charge in [0.2, 0.25) is 0 Å². The molecule has 0 unspecified atom stereocenters. The summed E-state index contributed by atoms with van der Waals surface area (Å²) in [5, 5.41) is 0. The standard InChI is InChI=1S/C19H21F3N2O2S/c1-27(25,26)16-8-6-14(7-9-16)17-12-15(19(20,21)22)13-23-18(17)24-10-4-2-3-5-11-24/h6-9,12-13H,2-5,10-11H2,1H3. The highest BCUT2D eigenvalue weighted by Gasteiger charge is 2.32. The number of nitrogens with zero attached hydrogens (tertiary/aromatic N) is 2. The minimum atomic E-state index is -4.49. The largest absolute Gasteiger partial charge is 0.417 e. The Balaban J connectivity index is 2.09. The Morgan fingerprint density at radius 3 is 2.11 bits per heavy atom. The first-order valence-electron chi connectivity index (χ1n) is 8.79. The molecule has 8 heteroatoms. The normalized spacial score (nSPS) is 16.2. The van der Waals surface area contributed by atoms with Gasteiger partial charge in [0.05, 0.1) is 10.5 Å². The van der Waals surface area contributed by atoms with Crippen LogP contribution in [0.3, 0.4) is 0 Å². The third kappa shape index (κ3) is 4.61. The fraction of sp³-hybridized carbons (Fsp3) is 0.421. The molecule has 2 heterocycles. The summed E-state index contributed by atoms with van der Waals surface area (Å²) in [6.45, 7) is 1.49. The highest BCUT2D eigenvalue weighted by atomic mass is 32.2. The molecule has 0 spiro atoms. The van der Waals surface area contributed by atoms with Crippen LogP contribution >= 0.6 is 0 Å². The summed E-state index contributed by atoms with van der Waals surface area (Å²) >= 11 is 0. The molecule has 27 heavy (non-hydrogen) atoms. The molecule has 1 aromatic carbocycles. The zero-order valence-electron chi connectivity index (χ0n) is 15.0. The minimum absolute atomic E-state index is 0.127. The van der Waals surface area contributed by atoms with Crippen molar-refractivity contribution in [3.8, 4) is 11.1 Å². The molecule has 1 aliphatic rings. The summed E-state index contributed by atoms with van der Waals surface area (Å²) in [7, 11) is -3.37. The lowest BCUT2D eigenvalue weighted by molar-refractivity contribution is -0.137. The number of sulfone groups is 1. The highest BCUT2D eigenvalue weighted by Crippen LogP contribution is 2.37. The maximum atomic E-state index is 13.2. The van der Waals surface area contributed by atoms with Gasteiger partial charge in [0.25, 0.3) is 0 Å². The van der Waals surface area contributed by atoms with Crippen molar-refractivity contribution >= 4 is 15.7 Å². The number of hydrogen-bond acceptors (Lipinski definition) is 4. The summed E-state index contributed by atoms with van der Waals surface area (Å²) in [5.41, 5.74) is 0.0651. The van der Waals surface area contributed by atoms with Gasteiger partial charge in [-0.15, -0.1) is 0 Å². The zero-order chi connectivity index (χ0) is 19.7. The number of alkyl halides is 3. The molecule has 146 valence electrons. The fourth-order valence-electron chi connectivity index (χ4n) is 3.24. The molecule has 0 atom stereocenters. The van der Waals surface area contributed by atoms with E-state index in [1.807, 2.05) is 4.90 Å². The van der Waals surface area contributed by atoms with E-state index in [0.717, 1.165) is 57.3 Å². The van der Waals surface area contributed by atoms with E-state index in [0.29, 0.717) is 16.9 Å². The maximum Gasteiger partial charge on any atom is 0.417 e. The number of rotatable bonds is 3. The predicted molar refractivity (Wildman–Crippen MR) is 98.5 cm³/mol. The second kappa shape index (κ2) is 7.50. The molecule has 3 rings (SSSR count). The zero-order valence-corrected chi connectivity index (χ0v) is 15.8. The molecule has 4 nitrogen and oxygen atoms in total. The molecule has 0 radical (unpaired) electrons. The van der Waals surface area contributed by atoms with E-state index in [1.165, 1.54) is 24.3 Å². The molecule has 1 fully saturated rings. The smallest absolute Gasteiger partial charge is 0.356 e. The van der Waals surface area contributed by atoms with E-state index in [-0.39, 0.29) is 4.90 Å². The van der Waals surface area contributed by atoms with Crippen LogP contribution in [0.1, 0.15) is 31.2 Å². The first kappa shape index (κ1) is 19.7. The Bertz CT molecular complexity index is 902. The Labute approximate surface area is 157 Å². The number of benzene rings is 1. The van der Waals surface area contributed by atoms with E-state index in [9.17, 15) is 21.6 Å². The molecule has 0 aliphatic carbocycles. The summed E-state index contributed by atoms with van der Waals surface area (Å²) in [5.74, 6) is 0.511. The molecule has 0 bridgehead atoms. The van der Waals surface area contributed by atoms with Crippen LogP contribution in [0.4, 0.5) is 19.0 Å². The molecule has 1 aromatic heterocycles. The number of anilines is 1. The van der Waals surface area contributed by atoms with Crippen LogP contribution in [0.15, 0.2) is 41.4 Å². The third-order valence-corrected chi connectivity index (χ3v) is 5.82.